The second-order valence-electron chi connectivity index (χ2n) is 6.20. The van der Waals surface area contributed by atoms with Crippen molar-refractivity contribution >= 4 is 11.6 Å². The van der Waals surface area contributed by atoms with Crippen LogP contribution in [0.5, 0.6) is 17.2 Å². The molecule has 0 aromatic heterocycles. The third-order valence-electron chi connectivity index (χ3n) is 4.53. The molecule has 138 valence electrons. The molecule has 0 aliphatic carbocycles. The van der Waals surface area contributed by atoms with E-state index in [0.29, 0.717) is 23.6 Å². The van der Waals surface area contributed by atoms with Crippen LogP contribution in [0, 0.1) is 6.92 Å². The van der Waals surface area contributed by atoms with Crippen LogP contribution in [0.2, 0.25) is 0 Å². The Morgan fingerprint density at radius 1 is 1.19 bits per heavy atom. The minimum absolute atomic E-state index is 0.155. The van der Waals surface area contributed by atoms with E-state index in [9.17, 15) is 9.90 Å². The first-order chi connectivity index (χ1) is 12.5. The molecule has 7 heteroatoms. The van der Waals surface area contributed by atoms with Gasteiger partial charge < -0.3 is 19.9 Å². The lowest BCUT2D eigenvalue weighted by atomic mass is 9.99. The highest BCUT2D eigenvalue weighted by Gasteiger charge is 2.32. The van der Waals surface area contributed by atoms with Crippen LogP contribution in [-0.2, 0) is 4.79 Å². The fraction of sp³-hybridized carbons (Fsp3) is 0.316. The number of phenols is 1. The van der Waals surface area contributed by atoms with E-state index in [1.165, 1.54) is 0 Å². The Labute approximate surface area is 152 Å². The Bertz CT molecular complexity index is 809. The van der Waals surface area contributed by atoms with E-state index in [1.807, 2.05) is 25.1 Å². The maximum absolute atomic E-state index is 12.6. The highest BCUT2D eigenvalue weighted by molar-refractivity contribution is 5.96. The summed E-state index contributed by atoms with van der Waals surface area (Å²) in [6.07, 6.45) is 0.509. The van der Waals surface area contributed by atoms with Gasteiger partial charge in [0.2, 0.25) is 5.91 Å². The highest BCUT2D eigenvalue weighted by Crippen LogP contribution is 2.33. The number of ether oxygens (including phenoxy) is 2. The fourth-order valence-electron chi connectivity index (χ4n) is 3.03. The molecule has 1 fully saturated rings. The predicted octanol–water partition coefficient (Wildman–Crippen LogP) is 2.26. The summed E-state index contributed by atoms with van der Waals surface area (Å²) in [5.74, 6) is 1.24. The van der Waals surface area contributed by atoms with Crippen molar-refractivity contribution in [1.29, 1.82) is 0 Å². The van der Waals surface area contributed by atoms with Crippen LogP contribution in [0.15, 0.2) is 36.4 Å². The summed E-state index contributed by atoms with van der Waals surface area (Å²) >= 11 is 0. The van der Waals surface area contributed by atoms with Gasteiger partial charge in [-0.15, -0.1) is 0 Å². The van der Waals surface area contributed by atoms with Crippen LogP contribution < -0.4 is 25.6 Å². The van der Waals surface area contributed by atoms with Crippen LogP contribution >= 0.6 is 0 Å². The Hall–Kier alpha value is -2.77. The number of nitrogens with one attached hydrogen (secondary N) is 3. The Morgan fingerprint density at radius 2 is 2.00 bits per heavy atom. The van der Waals surface area contributed by atoms with E-state index in [4.69, 9.17) is 9.47 Å². The van der Waals surface area contributed by atoms with Gasteiger partial charge in [-0.3, -0.25) is 4.79 Å². The molecule has 0 spiro atoms. The lowest BCUT2D eigenvalue weighted by molar-refractivity contribution is -0.117. The molecule has 1 saturated heterocycles. The van der Waals surface area contributed by atoms with Crippen LogP contribution in [0.4, 0.5) is 5.69 Å². The first-order valence-electron chi connectivity index (χ1n) is 8.36. The van der Waals surface area contributed by atoms with Crippen molar-refractivity contribution in [1.82, 2.24) is 10.9 Å². The van der Waals surface area contributed by atoms with Crippen molar-refractivity contribution in [3.8, 4) is 17.2 Å². The minimum atomic E-state index is -0.448. The van der Waals surface area contributed by atoms with Crippen molar-refractivity contribution in [2.45, 2.75) is 25.4 Å². The summed E-state index contributed by atoms with van der Waals surface area (Å²) in [6.45, 7) is 1.85. The molecular weight excluding hydrogens is 334 g/mol. The molecule has 0 saturated carbocycles. The largest absolute Gasteiger partial charge is 0.507 e. The zero-order valence-corrected chi connectivity index (χ0v) is 15.0. The second-order valence-corrected chi connectivity index (χ2v) is 6.20. The molecule has 0 bridgehead atoms. The van der Waals surface area contributed by atoms with Crippen LogP contribution in [0.3, 0.4) is 0 Å². The monoisotopic (exact) mass is 357 g/mol. The van der Waals surface area contributed by atoms with Crippen LogP contribution in [-0.4, -0.2) is 31.3 Å². The molecule has 3 rings (SSSR count). The van der Waals surface area contributed by atoms with Crippen molar-refractivity contribution in [3.05, 3.63) is 47.5 Å². The van der Waals surface area contributed by atoms with Crippen molar-refractivity contribution < 1.29 is 19.4 Å². The first-order valence-corrected chi connectivity index (χ1v) is 8.36. The number of carbonyl (C=O) groups excluding carboxylic acids is 1. The first kappa shape index (κ1) is 18.0. The predicted molar refractivity (Wildman–Crippen MR) is 98.4 cm³/mol. The number of rotatable bonds is 5. The Morgan fingerprint density at radius 3 is 2.73 bits per heavy atom. The normalized spacial score (nSPS) is 19.2. The van der Waals surface area contributed by atoms with Gasteiger partial charge in [-0.05, 0) is 31.0 Å². The standard InChI is InChI=1S/C19H23N3O4/c1-11-5-4-6-13(18(11)23)14-10-16(22-21-14)19(24)20-15-9-12(25-2)7-8-17(15)26-3/h4-9,14,16,21-23H,10H2,1-3H3,(H,20,24). The fourth-order valence-corrected chi connectivity index (χ4v) is 3.03. The molecule has 2 aromatic carbocycles. The summed E-state index contributed by atoms with van der Waals surface area (Å²) in [5, 5.41) is 13.1. The number of anilines is 1. The quantitative estimate of drug-likeness (QED) is 0.656. The third kappa shape index (κ3) is 3.58. The molecule has 4 N–H and O–H groups in total. The van der Waals surface area contributed by atoms with Gasteiger partial charge in [0.25, 0.3) is 0 Å². The van der Waals surface area contributed by atoms with E-state index < -0.39 is 6.04 Å². The van der Waals surface area contributed by atoms with Gasteiger partial charge in [-0.25, -0.2) is 10.9 Å². The molecule has 1 aliphatic rings. The number of carbonyl (C=O) groups is 1. The van der Waals surface area contributed by atoms with Gasteiger partial charge in [0.05, 0.1) is 25.9 Å². The molecule has 2 unspecified atom stereocenters. The average molecular weight is 357 g/mol. The zero-order chi connectivity index (χ0) is 18.7. The van der Waals surface area contributed by atoms with Crippen LogP contribution in [0.25, 0.3) is 0 Å². The van der Waals surface area contributed by atoms with E-state index in [2.05, 4.69) is 16.2 Å². The van der Waals surface area contributed by atoms with Gasteiger partial charge >= 0.3 is 0 Å². The number of aromatic hydroxyl groups is 1. The molecule has 1 amide bonds. The number of hydrogen-bond donors (Lipinski definition) is 4. The molecule has 1 heterocycles. The molecule has 26 heavy (non-hydrogen) atoms. The Kier molecular flexibility index (Phi) is 5.29. The topological polar surface area (TPSA) is 91.9 Å². The maximum Gasteiger partial charge on any atom is 0.243 e. The maximum atomic E-state index is 12.6. The van der Waals surface area contributed by atoms with Crippen molar-refractivity contribution in [3.63, 3.8) is 0 Å². The van der Waals surface area contributed by atoms with E-state index in [-0.39, 0.29) is 17.7 Å². The van der Waals surface area contributed by atoms with Crippen molar-refractivity contribution in [2.24, 2.45) is 0 Å². The third-order valence-corrected chi connectivity index (χ3v) is 4.53. The summed E-state index contributed by atoms with van der Waals surface area (Å²) in [4.78, 5) is 12.6. The number of para-hydroxylation sites is 1. The number of hydrogen-bond acceptors (Lipinski definition) is 6. The molecule has 2 aromatic rings. The SMILES string of the molecule is COc1ccc(OC)c(NC(=O)C2CC(c3cccc(C)c3O)NN2)c1. The lowest BCUT2D eigenvalue weighted by Gasteiger charge is -2.15. The number of methoxy groups -OCH3 is 2. The summed E-state index contributed by atoms with van der Waals surface area (Å²) in [5.41, 5.74) is 8.19. The molecular formula is C19H23N3O4. The van der Waals surface area contributed by atoms with Crippen LogP contribution in [0.1, 0.15) is 23.6 Å². The number of phenolic OH excluding ortho intramolecular Hbond substituents is 1. The van der Waals surface area contributed by atoms with Gasteiger partial charge in [0.1, 0.15) is 23.3 Å². The highest BCUT2D eigenvalue weighted by atomic mass is 16.5. The Balaban J connectivity index is 1.71. The lowest BCUT2D eigenvalue weighted by Crippen LogP contribution is -2.39. The van der Waals surface area contributed by atoms with Gasteiger partial charge in [0.15, 0.2) is 0 Å². The summed E-state index contributed by atoms with van der Waals surface area (Å²) in [6, 6.07) is 10.2. The van der Waals surface area contributed by atoms with E-state index >= 15 is 0 Å². The van der Waals surface area contributed by atoms with Gasteiger partial charge in [-0.1, -0.05) is 18.2 Å². The van der Waals surface area contributed by atoms with E-state index in [0.717, 1.165) is 11.1 Å². The minimum Gasteiger partial charge on any atom is -0.507 e. The molecule has 0 radical (unpaired) electrons. The number of aryl methyl sites for hydroxylation is 1. The van der Waals surface area contributed by atoms with E-state index in [1.54, 1.807) is 32.4 Å². The van der Waals surface area contributed by atoms with Gasteiger partial charge in [-0.2, -0.15) is 0 Å². The molecule has 2 atom stereocenters. The zero-order valence-electron chi connectivity index (χ0n) is 15.0. The molecule has 7 nitrogen and oxygen atoms in total. The number of hydrazine groups is 1. The average Bonchev–Trinajstić information content (AvgIpc) is 3.14. The van der Waals surface area contributed by atoms with Gasteiger partial charge in [0, 0.05) is 11.6 Å². The smallest absolute Gasteiger partial charge is 0.243 e. The summed E-state index contributed by atoms with van der Waals surface area (Å²) < 4.78 is 10.5. The second kappa shape index (κ2) is 7.63. The van der Waals surface area contributed by atoms with Crippen molar-refractivity contribution in [2.75, 3.05) is 19.5 Å². The number of benzene rings is 2. The number of amides is 1. The molecule has 1 aliphatic heterocycles. The summed E-state index contributed by atoms with van der Waals surface area (Å²) in [7, 11) is 3.11.